The van der Waals surface area contributed by atoms with E-state index in [9.17, 15) is 9.59 Å². The average molecular weight is 331 g/mol. The maximum absolute atomic E-state index is 12.9. The van der Waals surface area contributed by atoms with Gasteiger partial charge in [-0.05, 0) is 24.3 Å². The molecule has 130 valence electrons. The fraction of sp³-hybridized carbons (Fsp3) is 0.579. The summed E-state index contributed by atoms with van der Waals surface area (Å²) >= 11 is 0. The van der Waals surface area contributed by atoms with Crippen LogP contribution in [0.2, 0.25) is 0 Å². The van der Waals surface area contributed by atoms with Gasteiger partial charge in [0, 0.05) is 25.6 Å². The van der Waals surface area contributed by atoms with E-state index in [2.05, 4.69) is 12.1 Å². The third kappa shape index (κ3) is 3.46. The summed E-state index contributed by atoms with van der Waals surface area (Å²) in [6.45, 7) is 3.73. The predicted molar refractivity (Wildman–Crippen MR) is 89.4 cm³/mol. The molecule has 24 heavy (non-hydrogen) atoms. The highest BCUT2D eigenvalue weighted by Crippen LogP contribution is 2.32. The Morgan fingerprint density at radius 2 is 1.96 bits per heavy atom. The van der Waals surface area contributed by atoms with Gasteiger partial charge in [0.2, 0.25) is 0 Å². The monoisotopic (exact) mass is 331 g/mol. The molecule has 2 unspecified atom stereocenters. The molecule has 2 fully saturated rings. The van der Waals surface area contributed by atoms with Gasteiger partial charge in [-0.15, -0.1) is 0 Å². The van der Waals surface area contributed by atoms with E-state index in [1.54, 1.807) is 4.90 Å². The largest absolute Gasteiger partial charge is 0.469 e. The predicted octanol–water partition coefficient (Wildman–Crippen LogP) is 2.22. The number of methoxy groups -OCH3 is 1. The number of hydrogen-bond donors (Lipinski definition) is 0. The number of likely N-dealkylation sites (tertiary alicyclic amines) is 1. The summed E-state index contributed by atoms with van der Waals surface area (Å²) in [5.74, 6) is -0.145. The van der Waals surface area contributed by atoms with Crippen LogP contribution in [0.15, 0.2) is 30.3 Å². The number of hydrogen-bond acceptors (Lipinski definition) is 4. The highest BCUT2D eigenvalue weighted by atomic mass is 16.5. The maximum Gasteiger partial charge on any atom is 0.310 e. The molecular formula is C19H25NO4. The molecule has 5 heteroatoms. The lowest BCUT2D eigenvalue weighted by atomic mass is 9.84. The smallest absolute Gasteiger partial charge is 0.310 e. The summed E-state index contributed by atoms with van der Waals surface area (Å²) in [4.78, 5) is 26.8. The van der Waals surface area contributed by atoms with E-state index in [0.717, 1.165) is 12.0 Å². The number of carbonyl (C=O) groups excluding carboxylic acids is 2. The number of carbonyl (C=O) groups is 2. The number of esters is 1. The van der Waals surface area contributed by atoms with Gasteiger partial charge in [-0.1, -0.05) is 37.3 Å². The standard InChI is InChI=1S/C19H25NO4/c1-13-8-9-24-17(13)18(21)20-11-15(14-6-4-3-5-7-14)10-16(12-20)19(22)23-2/h3-7,13,15-17H,8-12H2,1-2H3/t13-,15?,16?,17+/m1/s1. The summed E-state index contributed by atoms with van der Waals surface area (Å²) in [5, 5.41) is 0. The van der Waals surface area contributed by atoms with E-state index in [1.165, 1.54) is 7.11 Å². The number of benzene rings is 1. The van der Waals surface area contributed by atoms with Gasteiger partial charge in [-0.3, -0.25) is 9.59 Å². The summed E-state index contributed by atoms with van der Waals surface area (Å²) in [5.41, 5.74) is 1.16. The minimum atomic E-state index is -0.377. The van der Waals surface area contributed by atoms with Crippen molar-refractivity contribution in [3.8, 4) is 0 Å². The van der Waals surface area contributed by atoms with Crippen LogP contribution in [0.3, 0.4) is 0 Å². The zero-order valence-electron chi connectivity index (χ0n) is 14.3. The highest BCUT2D eigenvalue weighted by molar-refractivity contribution is 5.83. The Morgan fingerprint density at radius 3 is 2.58 bits per heavy atom. The first-order valence-corrected chi connectivity index (χ1v) is 8.63. The molecule has 0 N–H and O–H groups in total. The molecule has 0 spiro atoms. The first-order chi connectivity index (χ1) is 11.6. The lowest BCUT2D eigenvalue weighted by molar-refractivity contribution is -0.152. The molecule has 1 aromatic rings. The molecular weight excluding hydrogens is 306 g/mol. The fourth-order valence-electron chi connectivity index (χ4n) is 3.77. The van der Waals surface area contributed by atoms with Crippen molar-refractivity contribution in [3.05, 3.63) is 35.9 Å². The van der Waals surface area contributed by atoms with Gasteiger partial charge in [0.25, 0.3) is 5.91 Å². The zero-order chi connectivity index (χ0) is 17.1. The molecule has 2 aliphatic rings. The van der Waals surface area contributed by atoms with Crippen LogP contribution in [0.1, 0.15) is 31.2 Å². The molecule has 3 rings (SSSR count). The van der Waals surface area contributed by atoms with Crippen LogP contribution in [0, 0.1) is 11.8 Å². The maximum atomic E-state index is 12.9. The van der Waals surface area contributed by atoms with Crippen molar-refractivity contribution in [1.29, 1.82) is 0 Å². The van der Waals surface area contributed by atoms with Gasteiger partial charge in [0.1, 0.15) is 6.10 Å². The van der Waals surface area contributed by atoms with E-state index in [0.29, 0.717) is 26.1 Å². The van der Waals surface area contributed by atoms with E-state index in [1.807, 2.05) is 25.1 Å². The molecule has 5 nitrogen and oxygen atoms in total. The Hall–Kier alpha value is -1.88. The van der Waals surface area contributed by atoms with Crippen LogP contribution in [-0.4, -0.2) is 49.7 Å². The van der Waals surface area contributed by atoms with Gasteiger partial charge < -0.3 is 14.4 Å². The van der Waals surface area contributed by atoms with Crippen LogP contribution in [-0.2, 0) is 19.1 Å². The Labute approximate surface area is 142 Å². The minimum Gasteiger partial charge on any atom is -0.469 e. The number of amides is 1. The number of rotatable bonds is 3. The van der Waals surface area contributed by atoms with Gasteiger partial charge in [-0.2, -0.15) is 0 Å². The number of nitrogens with zero attached hydrogens (tertiary/aromatic N) is 1. The molecule has 2 aliphatic heterocycles. The molecule has 0 aromatic heterocycles. The van der Waals surface area contributed by atoms with Crippen molar-refractivity contribution >= 4 is 11.9 Å². The van der Waals surface area contributed by atoms with Crippen molar-refractivity contribution in [2.45, 2.75) is 31.8 Å². The third-order valence-corrected chi connectivity index (χ3v) is 5.20. The van der Waals surface area contributed by atoms with E-state index < -0.39 is 0 Å². The number of ether oxygens (including phenoxy) is 2. The summed E-state index contributed by atoms with van der Waals surface area (Å²) in [7, 11) is 1.41. The molecule has 0 aliphatic carbocycles. The van der Waals surface area contributed by atoms with Crippen molar-refractivity contribution < 1.29 is 19.1 Å². The lowest BCUT2D eigenvalue weighted by Gasteiger charge is -2.38. The Bertz CT molecular complexity index is 588. The fourth-order valence-corrected chi connectivity index (χ4v) is 3.77. The van der Waals surface area contributed by atoms with E-state index >= 15 is 0 Å². The minimum absolute atomic E-state index is 0.00883. The van der Waals surface area contributed by atoms with Crippen molar-refractivity contribution in [2.24, 2.45) is 11.8 Å². The lowest BCUT2D eigenvalue weighted by Crippen LogP contribution is -2.50. The van der Waals surface area contributed by atoms with Crippen LogP contribution in [0.25, 0.3) is 0 Å². The second-order valence-electron chi connectivity index (χ2n) is 6.86. The molecule has 0 bridgehead atoms. The SMILES string of the molecule is COC(=O)C1CC(c2ccccc2)CN(C(=O)[C@H]2OCC[C@H]2C)C1. The highest BCUT2D eigenvalue weighted by Gasteiger charge is 2.40. The summed E-state index contributed by atoms with van der Waals surface area (Å²) < 4.78 is 10.6. The molecule has 2 heterocycles. The molecule has 0 radical (unpaired) electrons. The average Bonchev–Trinajstić information content (AvgIpc) is 3.06. The first kappa shape index (κ1) is 17.0. The van der Waals surface area contributed by atoms with Crippen LogP contribution >= 0.6 is 0 Å². The molecule has 1 aromatic carbocycles. The molecule has 2 saturated heterocycles. The second kappa shape index (κ2) is 7.34. The Kier molecular flexibility index (Phi) is 5.19. The van der Waals surface area contributed by atoms with Crippen LogP contribution in [0.5, 0.6) is 0 Å². The topological polar surface area (TPSA) is 55.8 Å². The van der Waals surface area contributed by atoms with Crippen LogP contribution < -0.4 is 0 Å². The van der Waals surface area contributed by atoms with Crippen molar-refractivity contribution in [1.82, 2.24) is 4.90 Å². The molecule has 1 amide bonds. The van der Waals surface area contributed by atoms with E-state index in [-0.39, 0.29) is 35.7 Å². The molecule has 0 saturated carbocycles. The van der Waals surface area contributed by atoms with Gasteiger partial charge >= 0.3 is 5.97 Å². The summed E-state index contributed by atoms with van der Waals surface area (Å²) in [6.07, 6.45) is 1.24. The van der Waals surface area contributed by atoms with Crippen LogP contribution in [0.4, 0.5) is 0 Å². The Balaban J connectivity index is 1.80. The number of piperidine rings is 1. The van der Waals surface area contributed by atoms with Gasteiger partial charge in [0.05, 0.1) is 13.0 Å². The van der Waals surface area contributed by atoms with E-state index in [4.69, 9.17) is 9.47 Å². The second-order valence-corrected chi connectivity index (χ2v) is 6.86. The third-order valence-electron chi connectivity index (χ3n) is 5.20. The first-order valence-electron chi connectivity index (χ1n) is 8.63. The zero-order valence-corrected chi connectivity index (χ0v) is 14.3. The van der Waals surface area contributed by atoms with Crippen molar-refractivity contribution in [3.63, 3.8) is 0 Å². The van der Waals surface area contributed by atoms with Gasteiger partial charge in [0.15, 0.2) is 0 Å². The normalized spacial score (nSPS) is 30.2. The Morgan fingerprint density at radius 1 is 1.21 bits per heavy atom. The van der Waals surface area contributed by atoms with Gasteiger partial charge in [-0.25, -0.2) is 0 Å². The quantitative estimate of drug-likeness (QED) is 0.797. The van der Waals surface area contributed by atoms with Crippen molar-refractivity contribution in [2.75, 3.05) is 26.8 Å². The summed E-state index contributed by atoms with van der Waals surface area (Å²) in [6, 6.07) is 10.1. The molecule has 4 atom stereocenters.